The molecule has 3 heteroatoms. The van der Waals surface area contributed by atoms with Crippen LogP contribution in [0, 0.1) is 0 Å². The third-order valence-electron chi connectivity index (χ3n) is 2.26. The molecule has 0 atom stereocenters. The molecule has 0 aromatic heterocycles. The van der Waals surface area contributed by atoms with Crippen LogP contribution in [0.15, 0.2) is 0 Å². The highest BCUT2D eigenvalue weighted by Crippen LogP contribution is 2.16. The molecular formula is C8H18N2O. The highest BCUT2D eigenvalue weighted by atomic mass is 16.6. The van der Waals surface area contributed by atoms with Crippen LogP contribution in [-0.4, -0.2) is 19.2 Å². The SMILES string of the molecule is NOCCNC1CCCCC1. The summed E-state index contributed by atoms with van der Waals surface area (Å²) in [6.45, 7) is 1.51. The number of nitrogens with one attached hydrogen (secondary N) is 1. The van der Waals surface area contributed by atoms with Crippen LogP contribution in [0.25, 0.3) is 0 Å². The fourth-order valence-corrected chi connectivity index (χ4v) is 1.63. The molecule has 11 heavy (non-hydrogen) atoms. The van der Waals surface area contributed by atoms with E-state index in [1.807, 2.05) is 0 Å². The van der Waals surface area contributed by atoms with Crippen molar-refractivity contribution in [2.45, 2.75) is 38.1 Å². The lowest BCUT2D eigenvalue weighted by molar-refractivity contribution is 0.135. The summed E-state index contributed by atoms with van der Waals surface area (Å²) in [5, 5.41) is 3.42. The van der Waals surface area contributed by atoms with Gasteiger partial charge >= 0.3 is 0 Å². The zero-order chi connectivity index (χ0) is 7.94. The third-order valence-corrected chi connectivity index (χ3v) is 2.26. The van der Waals surface area contributed by atoms with Crippen molar-refractivity contribution in [1.82, 2.24) is 5.32 Å². The van der Waals surface area contributed by atoms with Crippen molar-refractivity contribution in [1.29, 1.82) is 0 Å². The maximum absolute atomic E-state index is 4.90. The van der Waals surface area contributed by atoms with Crippen molar-refractivity contribution in [3.05, 3.63) is 0 Å². The minimum absolute atomic E-state index is 0.622. The van der Waals surface area contributed by atoms with Crippen LogP contribution < -0.4 is 11.2 Å². The molecule has 0 unspecified atom stereocenters. The Morgan fingerprint density at radius 2 is 2.00 bits per heavy atom. The Morgan fingerprint density at radius 1 is 1.27 bits per heavy atom. The Bertz CT molecular complexity index is 92.1. The van der Waals surface area contributed by atoms with E-state index in [0.29, 0.717) is 6.61 Å². The first-order valence-electron chi connectivity index (χ1n) is 4.48. The number of hydrogen-bond donors (Lipinski definition) is 2. The first-order chi connectivity index (χ1) is 5.43. The van der Waals surface area contributed by atoms with Gasteiger partial charge in [0.1, 0.15) is 0 Å². The Labute approximate surface area is 68.2 Å². The molecular weight excluding hydrogens is 140 g/mol. The largest absolute Gasteiger partial charge is 0.312 e. The molecule has 0 aliphatic heterocycles. The van der Waals surface area contributed by atoms with Crippen LogP contribution >= 0.6 is 0 Å². The molecule has 3 nitrogen and oxygen atoms in total. The number of rotatable bonds is 4. The Hall–Kier alpha value is -0.120. The number of hydrogen-bond acceptors (Lipinski definition) is 3. The topological polar surface area (TPSA) is 47.3 Å². The fourth-order valence-electron chi connectivity index (χ4n) is 1.63. The van der Waals surface area contributed by atoms with E-state index in [-0.39, 0.29) is 0 Å². The normalized spacial score (nSPS) is 20.5. The van der Waals surface area contributed by atoms with Crippen molar-refractivity contribution in [3.63, 3.8) is 0 Å². The Kier molecular flexibility index (Phi) is 4.50. The average molecular weight is 158 g/mol. The smallest absolute Gasteiger partial charge is 0.0803 e. The molecule has 3 N–H and O–H groups in total. The fraction of sp³-hybridized carbons (Fsp3) is 1.00. The summed E-state index contributed by atoms with van der Waals surface area (Å²) in [5.41, 5.74) is 0. The van der Waals surface area contributed by atoms with E-state index in [4.69, 9.17) is 5.90 Å². The summed E-state index contributed by atoms with van der Waals surface area (Å²) in [6.07, 6.45) is 6.81. The van der Waals surface area contributed by atoms with Gasteiger partial charge in [-0.25, -0.2) is 5.90 Å². The van der Waals surface area contributed by atoms with Crippen LogP contribution in [0.3, 0.4) is 0 Å². The van der Waals surface area contributed by atoms with Crippen LogP contribution in [0.5, 0.6) is 0 Å². The van der Waals surface area contributed by atoms with Gasteiger partial charge in [-0.15, -0.1) is 0 Å². The second kappa shape index (κ2) is 5.52. The van der Waals surface area contributed by atoms with Gasteiger partial charge in [-0.05, 0) is 12.8 Å². The Morgan fingerprint density at radius 3 is 2.64 bits per heavy atom. The summed E-state index contributed by atoms with van der Waals surface area (Å²) >= 11 is 0. The summed E-state index contributed by atoms with van der Waals surface area (Å²) < 4.78 is 0. The first-order valence-corrected chi connectivity index (χ1v) is 4.48. The van der Waals surface area contributed by atoms with Gasteiger partial charge in [0.05, 0.1) is 6.61 Å². The lowest BCUT2D eigenvalue weighted by Gasteiger charge is -2.22. The minimum atomic E-state index is 0.622. The molecule has 1 aliphatic carbocycles. The minimum Gasteiger partial charge on any atom is -0.312 e. The summed E-state index contributed by atoms with van der Waals surface area (Å²) in [6, 6.07) is 0.721. The van der Waals surface area contributed by atoms with Gasteiger partial charge in [-0.1, -0.05) is 19.3 Å². The maximum atomic E-state index is 4.90. The predicted octanol–water partition coefficient (Wildman–Crippen LogP) is 0.799. The highest BCUT2D eigenvalue weighted by molar-refractivity contribution is 4.71. The van der Waals surface area contributed by atoms with E-state index in [1.165, 1.54) is 32.1 Å². The zero-order valence-electron chi connectivity index (χ0n) is 7.01. The maximum Gasteiger partial charge on any atom is 0.0803 e. The average Bonchev–Trinajstić information content (AvgIpc) is 2.07. The third kappa shape index (κ3) is 3.70. The van der Waals surface area contributed by atoms with Crippen molar-refractivity contribution in [2.24, 2.45) is 5.90 Å². The van der Waals surface area contributed by atoms with Crippen molar-refractivity contribution < 1.29 is 4.84 Å². The molecule has 1 fully saturated rings. The highest BCUT2D eigenvalue weighted by Gasteiger charge is 2.11. The van der Waals surface area contributed by atoms with Crippen LogP contribution in [0.4, 0.5) is 0 Å². The van der Waals surface area contributed by atoms with Crippen LogP contribution in [0.2, 0.25) is 0 Å². The molecule has 1 aliphatic rings. The van der Waals surface area contributed by atoms with Gasteiger partial charge in [0.2, 0.25) is 0 Å². The predicted molar refractivity (Wildman–Crippen MR) is 45.0 cm³/mol. The van der Waals surface area contributed by atoms with Gasteiger partial charge in [0, 0.05) is 12.6 Å². The van der Waals surface area contributed by atoms with Gasteiger partial charge in [0.15, 0.2) is 0 Å². The van der Waals surface area contributed by atoms with Crippen LogP contribution in [0.1, 0.15) is 32.1 Å². The molecule has 1 rings (SSSR count). The molecule has 66 valence electrons. The molecule has 0 heterocycles. The quantitative estimate of drug-likeness (QED) is 0.470. The second-order valence-corrected chi connectivity index (χ2v) is 3.16. The van der Waals surface area contributed by atoms with Crippen LogP contribution in [-0.2, 0) is 4.84 Å². The lowest BCUT2D eigenvalue weighted by atomic mass is 9.96. The van der Waals surface area contributed by atoms with E-state index < -0.39 is 0 Å². The van der Waals surface area contributed by atoms with Crippen molar-refractivity contribution in [2.75, 3.05) is 13.2 Å². The molecule has 0 radical (unpaired) electrons. The molecule has 0 amide bonds. The number of nitrogens with two attached hydrogens (primary N) is 1. The van der Waals surface area contributed by atoms with Gasteiger partial charge in [-0.2, -0.15) is 0 Å². The molecule has 0 bridgehead atoms. The molecule has 0 spiro atoms. The van der Waals surface area contributed by atoms with E-state index in [2.05, 4.69) is 10.2 Å². The van der Waals surface area contributed by atoms with Gasteiger partial charge in [0.25, 0.3) is 0 Å². The first kappa shape index (κ1) is 8.97. The van der Waals surface area contributed by atoms with Gasteiger partial charge in [-0.3, -0.25) is 0 Å². The second-order valence-electron chi connectivity index (χ2n) is 3.16. The summed E-state index contributed by atoms with van der Waals surface area (Å²) in [7, 11) is 0. The lowest BCUT2D eigenvalue weighted by Crippen LogP contribution is -2.33. The molecule has 0 aromatic rings. The Balaban J connectivity index is 1.96. The molecule has 0 aromatic carbocycles. The van der Waals surface area contributed by atoms with Gasteiger partial charge < -0.3 is 10.2 Å². The van der Waals surface area contributed by atoms with Crippen molar-refractivity contribution in [3.8, 4) is 0 Å². The van der Waals surface area contributed by atoms with E-state index in [0.717, 1.165) is 12.6 Å². The van der Waals surface area contributed by atoms with E-state index in [1.54, 1.807) is 0 Å². The summed E-state index contributed by atoms with van der Waals surface area (Å²) in [5.74, 6) is 4.90. The standard InChI is InChI=1S/C8H18N2O/c9-11-7-6-10-8-4-2-1-3-5-8/h8,10H,1-7,9H2. The summed E-state index contributed by atoms with van der Waals surface area (Å²) in [4.78, 5) is 4.47. The van der Waals surface area contributed by atoms with E-state index >= 15 is 0 Å². The van der Waals surface area contributed by atoms with E-state index in [9.17, 15) is 0 Å². The zero-order valence-corrected chi connectivity index (χ0v) is 7.01. The monoisotopic (exact) mass is 158 g/mol. The molecule has 0 saturated heterocycles. The molecule has 1 saturated carbocycles. The van der Waals surface area contributed by atoms with Crippen molar-refractivity contribution >= 4 is 0 Å².